The molecule has 2 rings (SSSR count). The maximum atomic E-state index is 4.16. The molecule has 0 atom stereocenters. The first-order valence-electron chi connectivity index (χ1n) is 9.56. The Morgan fingerprint density at radius 1 is 0.600 bits per heavy atom. The molecule has 2 nitrogen and oxygen atoms in total. The summed E-state index contributed by atoms with van der Waals surface area (Å²) in [5.41, 5.74) is 4.95. The van der Waals surface area contributed by atoms with Gasteiger partial charge < -0.3 is 0 Å². The molecule has 0 unspecified atom stereocenters. The first kappa shape index (κ1) is 19.1. The summed E-state index contributed by atoms with van der Waals surface area (Å²) >= 11 is 0. The molecule has 0 fully saturated rings. The minimum atomic E-state index is 1.08. The molecular formula is C23H30N2. The van der Waals surface area contributed by atoms with E-state index in [0.717, 1.165) is 17.5 Å². The van der Waals surface area contributed by atoms with Crippen molar-refractivity contribution >= 4 is 12.4 Å². The largest absolute Gasteiger partial charge is 0.159 e. The van der Waals surface area contributed by atoms with Crippen molar-refractivity contribution in [3.63, 3.8) is 0 Å². The third kappa shape index (κ3) is 7.47. The van der Waals surface area contributed by atoms with E-state index < -0.39 is 0 Å². The molecule has 2 heteroatoms. The van der Waals surface area contributed by atoms with Crippen molar-refractivity contribution in [2.75, 3.05) is 0 Å². The zero-order chi connectivity index (χ0) is 17.7. The highest BCUT2D eigenvalue weighted by Crippen LogP contribution is 2.09. The second-order valence-electron chi connectivity index (χ2n) is 6.53. The molecule has 0 bridgehead atoms. The van der Waals surface area contributed by atoms with E-state index in [0.29, 0.717) is 0 Å². The van der Waals surface area contributed by atoms with Gasteiger partial charge in [0.25, 0.3) is 0 Å². The van der Waals surface area contributed by atoms with Gasteiger partial charge in [0.2, 0.25) is 0 Å². The predicted octanol–water partition coefficient (Wildman–Crippen LogP) is 6.21. The van der Waals surface area contributed by atoms with Crippen molar-refractivity contribution in [3.8, 4) is 0 Å². The van der Waals surface area contributed by atoms with Crippen LogP contribution in [0.1, 0.15) is 68.2 Å². The number of nitrogens with zero attached hydrogens (tertiary/aromatic N) is 2. The van der Waals surface area contributed by atoms with Crippen LogP contribution in [0.25, 0.3) is 0 Å². The molecule has 0 radical (unpaired) electrons. The van der Waals surface area contributed by atoms with E-state index in [1.807, 2.05) is 6.21 Å². The fourth-order valence-corrected chi connectivity index (χ4v) is 2.79. The average molecular weight is 335 g/mol. The molecule has 0 amide bonds. The maximum Gasteiger partial charge on any atom is 0.0568 e. The van der Waals surface area contributed by atoms with Gasteiger partial charge in [-0.15, -0.1) is 0 Å². The topological polar surface area (TPSA) is 24.7 Å². The molecule has 0 aliphatic rings. The molecule has 0 aliphatic heterocycles. The summed E-state index contributed by atoms with van der Waals surface area (Å²) < 4.78 is 0. The van der Waals surface area contributed by atoms with Crippen molar-refractivity contribution < 1.29 is 0 Å². The van der Waals surface area contributed by atoms with Crippen LogP contribution < -0.4 is 0 Å². The van der Waals surface area contributed by atoms with Crippen molar-refractivity contribution in [2.24, 2.45) is 10.2 Å². The highest BCUT2D eigenvalue weighted by Gasteiger charge is 1.94. The standard InChI is InChI=1S/C23H30N2/c1-3-5-6-7-9-21-12-16-23(17-13-21)19-25-24-18-22-14-10-20(8-4-2)11-15-22/h10-19H,3-9H2,1-2H3. The number of benzene rings is 2. The van der Waals surface area contributed by atoms with Gasteiger partial charge in [0, 0.05) is 0 Å². The van der Waals surface area contributed by atoms with Gasteiger partial charge >= 0.3 is 0 Å². The van der Waals surface area contributed by atoms with Crippen molar-refractivity contribution in [3.05, 3.63) is 70.8 Å². The molecule has 0 spiro atoms. The normalized spacial score (nSPS) is 11.6. The smallest absolute Gasteiger partial charge is 0.0568 e. The minimum absolute atomic E-state index is 1.08. The van der Waals surface area contributed by atoms with Gasteiger partial charge in [0.05, 0.1) is 12.4 Å². The summed E-state index contributed by atoms with van der Waals surface area (Å²) in [6, 6.07) is 17.1. The van der Waals surface area contributed by atoms with Crippen LogP contribution in [-0.2, 0) is 12.8 Å². The van der Waals surface area contributed by atoms with Gasteiger partial charge in [-0.3, -0.25) is 0 Å². The van der Waals surface area contributed by atoms with Crippen LogP contribution in [0, 0.1) is 0 Å². The Labute approximate surface area is 152 Å². The van der Waals surface area contributed by atoms with Crippen molar-refractivity contribution in [2.45, 2.75) is 58.8 Å². The summed E-state index contributed by atoms with van der Waals surface area (Å²) in [6.45, 7) is 4.45. The van der Waals surface area contributed by atoms with Crippen molar-refractivity contribution in [1.82, 2.24) is 0 Å². The number of rotatable bonds is 10. The first-order valence-corrected chi connectivity index (χ1v) is 9.56. The number of aryl methyl sites for hydroxylation is 2. The van der Waals surface area contributed by atoms with Crippen LogP contribution in [-0.4, -0.2) is 12.4 Å². The van der Waals surface area contributed by atoms with E-state index in [-0.39, 0.29) is 0 Å². The Morgan fingerprint density at radius 2 is 1.12 bits per heavy atom. The summed E-state index contributed by atoms with van der Waals surface area (Å²) in [5.74, 6) is 0. The summed E-state index contributed by atoms with van der Waals surface area (Å²) in [4.78, 5) is 0. The molecule has 25 heavy (non-hydrogen) atoms. The quantitative estimate of drug-likeness (QED) is 0.280. The van der Waals surface area contributed by atoms with Gasteiger partial charge in [-0.05, 0) is 41.5 Å². The van der Waals surface area contributed by atoms with Crippen LogP contribution >= 0.6 is 0 Å². The zero-order valence-corrected chi connectivity index (χ0v) is 15.6. The second-order valence-corrected chi connectivity index (χ2v) is 6.53. The van der Waals surface area contributed by atoms with E-state index in [2.05, 4.69) is 72.6 Å². The highest BCUT2D eigenvalue weighted by atomic mass is 15.2. The molecule has 2 aromatic rings. The number of unbranched alkanes of at least 4 members (excludes halogenated alkanes) is 3. The highest BCUT2D eigenvalue weighted by molar-refractivity contribution is 5.82. The van der Waals surface area contributed by atoms with Crippen LogP contribution in [0.2, 0.25) is 0 Å². The lowest BCUT2D eigenvalue weighted by molar-refractivity contribution is 0.667. The molecule has 0 saturated heterocycles. The summed E-state index contributed by atoms with van der Waals surface area (Å²) in [6.07, 6.45) is 12.3. The van der Waals surface area contributed by atoms with Gasteiger partial charge in [0.15, 0.2) is 0 Å². The molecule has 132 valence electrons. The fourth-order valence-electron chi connectivity index (χ4n) is 2.79. The lowest BCUT2D eigenvalue weighted by Crippen LogP contribution is -1.88. The molecule has 0 heterocycles. The third-order valence-electron chi connectivity index (χ3n) is 4.30. The van der Waals surface area contributed by atoms with E-state index in [9.17, 15) is 0 Å². The third-order valence-corrected chi connectivity index (χ3v) is 4.30. The second kappa shape index (κ2) is 11.4. The Bertz CT molecular complexity index is 651. The van der Waals surface area contributed by atoms with Gasteiger partial charge in [-0.1, -0.05) is 88.1 Å². The lowest BCUT2D eigenvalue weighted by Gasteiger charge is -2.01. The molecule has 2 aromatic carbocycles. The Hall–Kier alpha value is -2.22. The summed E-state index contributed by atoms with van der Waals surface area (Å²) in [7, 11) is 0. The molecular weight excluding hydrogens is 304 g/mol. The van der Waals surface area contributed by atoms with E-state index in [1.165, 1.54) is 49.7 Å². The van der Waals surface area contributed by atoms with E-state index in [4.69, 9.17) is 0 Å². The monoisotopic (exact) mass is 334 g/mol. The molecule has 0 aliphatic carbocycles. The molecule has 0 saturated carbocycles. The average Bonchev–Trinajstić information content (AvgIpc) is 2.65. The Kier molecular flexibility index (Phi) is 8.68. The zero-order valence-electron chi connectivity index (χ0n) is 15.6. The van der Waals surface area contributed by atoms with Gasteiger partial charge in [0.1, 0.15) is 0 Å². The maximum absolute atomic E-state index is 4.16. The van der Waals surface area contributed by atoms with Crippen LogP contribution in [0.15, 0.2) is 58.7 Å². The summed E-state index contributed by atoms with van der Waals surface area (Å²) in [5, 5.41) is 8.31. The van der Waals surface area contributed by atoms with E-state index >= 15 is 0 Å². The Balaban J connectivity index is 1.80. The van der Waals surface area contributed by atoms with Gasteiger partial charge in [-0.2, -0.15) is 10.2 Å². The Morgan fingerprint density at radius 3 is 1.60 bits per heavy atom. The SMILES string of the molecule is CCCCCCc1ccc(C=NN=Cc2ccc(CCC)cc2)cc1. The minimum Gasteiger partial charge on any atom is -0.159 e. The van der Waals surface area contributed by atoms with E-state index in [1.54, 1.807) is 6.21 Å². The van der Waals surface area contributed by atoms with Crippen molar-refractivity contribution in [1.29, 1.82) is 0 Å². The number of hydrogen-bond donors (Lipinski definition) is 0. The molecule has 0 aromatic heterocycles. The lowest BCUT2D eigenvalue weighted by atomic mass is 10.1. The van der Waals surface area contributed by atoms with Crippen LogP contribution in [0.3, 0.4) is 0 Å². The van der Waals surface area contributed by atoms with Gasteiger partial charge in [-0.25, -0.2) is 0 Å². The fraction of sp³-hybridized carbons (Fsp3) is 0.391. The first-order chi connectivity index (χ1) is 12.3. The number of hydrogen-bond acceptors (Lipinski definition) is 2. The molecule has 0 N–H and O–H groups in total. The van der Waals surface area contributed by atoms with Crippen LogP contribution in [0.4, 0.5) is 0 Å². The van der Waals surface area contributed by atoms with Crippen LogP contribution in [0.5, 0.6) is 0 Å². The predicted molar refractivity (Wildman–Crippen MR) is 110 cm³/mol.